The summed E-state index contributed by atoms with van der Waals surface area (Å²) in [5.74, 6) is 1.38. The maximum atomic E-state index is 13.2. The molecule has 0 aliphatic carbocycles. The van der Waals surface area contributed by atoms with Crippen LogP contribution in [0.4, 0.5) is 0 Å². The number of rotatable bonds is 9. The van der Waals surface area contributed by atoms with Crippen molar-refractivity contribution in [3.63, 3.8) is 0 Å². The minimum Gasteiger partial charge on any atom is -0.497 e. The number of carbonyl (C=O) groups excluding carboxylic acids is 1. The van der Waals surface area contributed by atoms with Gasteiger partial charge in [0.1, 0.15) is 5.75 Å². The summed E-state index contributed by atoms with van der Waals surface area (Å²) in [4.78, 5) is 17.4. The molecule has 0 spiro atoms. The molecule has 162 valence electrons. The summed E-state index contributed by atoms with van der Waals surface area (Å²) >= 11 is 0. The zero-order valence-electron chi connectivity index (χ0n) is 18.3. The van der Waals surface area contributed by atoms with E-state index in [0.29, 0.717) is 18.0 Å². The van der Waals surface area contributed by atoms with Crippen LogP contribution in [0.25, 0.3) is 0 Å². The van der Waals surface area contributed by atoms with Crippen molar-refractivity contribution < 1.29 is 14.6 Å². The monoisotopic (exact) mass is 410 g/mol. The van der Waals surface area contributed by atoms with E-state index in [1.807, 2.05) is 23.1 Å². The van der Waals surface area contributed by atoms with Crippen molar-refractivity contribution in [2.75, 3.05) is 40.4 Å². The average Bonchev–Trinajstić information content (AvgIpc) is 3.15. The molecule has 1 aliphatic rings. The fourth-order valence-corrected chi connectivity index (χ4v) is 4.55. The Bertz CT molecular complexity index is 794. The lowest BCUT2D eigenvalue weighted by Crippen LogP contribution is -2.43. The molecule has 2 aromatic rings. The van der Waals surface area contributed by atoms with Crippen LogP contribution in [0.1, 0.15) is 29.3 Å². The number of carbonyl (C=O) groups is 1. The molecule has 2 aromatic carbocycles. The SMILES string of the molecule is CC[C@@H]1CN(C(=O)c2ccc(OC)cc2)[C@H](CO)[C@@H]1CN(C)CCc1ccccc1. The van der Waals surface area contributed by atoms with Crippen LogP contribution in [-0.2, 0) is 6.42 Å². The normalized spacial score (nSPS) is 21.2. The van der Waals surface area contributed by atoms with Crippen molar-refractivity contribution in [1.29, 1.82) is 0 Å². The van der Waals surface area contributed by atoms with Crippen LogP contribution in [0.5, 0.6) is 5.75 Å². The molecule has 0 bridgehead atoms. The van der Waals surface area contributed by atoms with Gasteiger partial charge in [0.2, 0.25) is 0 Å². The van der Waals surface area contributed by atoms with Crippen LogP contribution in [0, 0.1) is 11.8 Å². The number of aliphatic hydroxyl groups excluding tert-OH is 1. The van der Waals surface area contributed by atoms with Crippen molar-refractivity contribution in [3.05, 3.63) is 65.7 Å². The summed E-state index contributed by atoms with van der Waals surface area (Å²) in [5, 5.41) is 10.2. The van der Waals surface area contributed by atoms with E-state index in [0.717, 1.165) is 31.7 Å². The average molecular weight is 411 g/mol. The van der Waals surface area contributed by atoms with Gasteiger partial charge >= 0.3 is 0 Å². The topological polar surface area (TPSA) is 53.0 Å². The molecule has 1 N–H and O–H groups in total. The zero-order chi connectivity index (χ0) is 21.5. The lowest BCUT2D eigenvalue weighted by Gasteiger charge is -2.30. The van der Waals surface area contributed by atoms with E-state index in [2.05, 4.69) is 43.1 Å². The summed E-state index contributed by atoms with van der Waals surface area (Å²) in [6.07, 6.45) is 2.00. The highest BCUT2D eigenvalue weighted by Crippen LogP contribution is 2.34. The Hall–Kier alpha value is -2.37. The summed E-state index contributed by atoms with van der Waals surface area (Å²) < 4.78 is 5.20. The molecule has 5 heteroatoms. The number of hydrogen-bond donors (Lipinski definition) is 1. The predicted octanol–water partition coefficient (Wildman–Crippen LogP) is 3.33. The van der Waals surface area contributed by atoms with Crippen LogP contribution >= 0.6 is 0 Å². The molecule has 0 radical (unpaired) electrons. The van der Waals surface area contributed by atoms with E-state index in [9.17, 15) is 9.90 Å². The molecule has 1 saturated heterocycles. The Morgan fingerprint density at radius 3 is 2.47 bits per heavy atom. The van der Waals surface area contributed by atoms with Gasteiger partial charge in [0, 0.05) is 25.2 Å². The second kappa shape index (κ2) is 10.6. The van der Waals surface area contributed by atoms with Gasteiger partial charge in [-0.05, 0) is 55.1 Å². The number of methoxy groups -OCH3 is 1. The van der Waals surface area contributed by atoms with Gasteiger partial charge in [0.25, 0.3) is 5.91 Å². The molecule has 1 fully saturated rings. The van der Waals surface area contributed by atoms with E-state index in [1.165, 1.54) is 5.56 Å². The Balaban J connectivity index is 1.66. The molecule has 3 rings (SSSR count). The Kier molecular flexibility index (Phi) is 7.88. The standard InChI is InChI=1S/C25H34N2O3/c1-4-20-16-27(25(29)21-10-12-22(30-3)13-11-21)24(18-28)23(20)17-26(2)15-14-19-8-6-5-7-9-19/h5-13,20,23-24,28H,4,14-18H2,1-3H3/t20-,23-,24-/m1/s1. The minimum atomic E-state index is -0.149. The molecule has 5 nitrogen and oxygen atoms in total. The van der Waals surface area contributed by atoms with Gasteiger partial charge in [-0.25, -0.2) is 0 Å². The van der Waals surface area contributed by atoms with Crippen molar-refractivity contribution in [2.24, 2.45) is 11.8 Å². The van der Waals surface area contributed by atoms with Crippen molar-refractivity contribution in [1.82, 2.24) is 9.80 Å². The fraction of sp³-hybridized carbons (Fsp3) is 0.480. The molecule has 1 aliphatic heterocycles. The molecular weight excluding hydrogens is 376 g/mol. The molecule has 0 aromatic heterocycles. The Morgan fingerprint density at radius 1 is 1.17 bits per heavy atom. The molecular formula is C25H34N2O3. The third kappa shape index (κ3) is 5.21. The van der Waals surface area contributed by atoms with Gasteiger partial charge in [-0.15, -0.1) is 0 Å². The number of nitrogens with zero attached hydrogens (tertiary/aromatic N) is 2. The van der Waals surface area contributed by atoms with Crippen LogP contribution in [0.2, 0.25) is 0 Å². The second-order valence-electron chi connectivity index (χ2n) is 8.27. The quantitative estimate of drug-likeness (QED) is 0.689. The van der Waals surface area contributed by atoms with Gasteiger partial charge < -0.3 is 19.6 Å². The first-order valence-electron chi connectivity index (χ1n) is 10.9. The third-order valence-electron chi connectivity index (χ3n) is 6.39. The predicted molar refractivity (Wildman–Crippen MR) is 120 cm³/mol. The third-order valence-corrected chi connectivity index (χ3v) is 6.39. The number of hydrogen-bond acceptors (Lipinski definition) is 4. The Morgan fingerprint density at radius 2 is 1.87 bits per heavy atom. The minimum absolute atomic E-state index is 0.00438. The van der Waals surface area contributed by atoms with E-state index < -0.39 is 0 Å². The largest absolute Gasteiger partial charge is 0.497 e. The maximum Gasteiger partial charge on any atom is 0.254 e. The fourth-order valence-electron chi connectivity index (χ4n) is 4.55. The van der Waals surface area contributed by atoms with Crippen molar-refractivity contribution in [2.45, 2.75) is 25.8 Å². The summed E-state index contributed by atoms with van der Waals surface area (Å²) in [5.41, 5.74) is 1.97. The first-order valence-corrected chi connectivity index (χ1v) is 10.9. The first-order chi connectivity index (χ1) is 14.6. The van der Waals surface area contributed by atoms with Crippen LogP contribution in [0.15, 0.2) is 54.6 Å². The highest BCUT2D eigenvalue weighted by atomic mass is 16.5. The van der Waals surface area contributed by atoms with Gasteiger partial charge in [-0.3, -0.25) is 4.79 Å². The number of likely N-dealkylation sites (tertiary alicyclic amines) is 1. The van der Waals surface area contributed by atoms with E-state index >= 15 is 0 Å². The highest BCUT2D eigenvalue weighted by Gasteiger charge is 2.43. The van der Waals surface area contributed by atoms with Crippen LogP contribution in [0.3, 0.4) is 0 Å². The maximum absolute atomic E-state index is 13.2. The van der Waals surface area contributed by atoms with Crippen molar-refractivity contribution >= 4 is 5.91 Å². The van der Waals surface area contributed by atoms with Crippen LogP contribution < -0.4 is 4.74 Å². The lowest BCUT2D eigenvalue weighted by atomic mass is 9.88. The Labute approximate surface area is 180 Å². The number of aliphatic hydroxyl groups is 1. The lowest BCUT2D eigenvalue weighted by molar-refractivity contribution is 0.0623. The second-order valence-corrected chi connectivity index (χ2v) is 8.27. The van der Waals surface area contributed by atoms with Gasteiger partial charge in [0.05, 0.1) is 19.8 Å². The summed E-state index contributed by atoms with van der Waals surface area (Å²) in [7, 11) is 3.75. The number of benzene rings is 2. The molecule has 3 atom stereocenters. The molecule has 30 heavy (non-hydrogen) atoms. The van der Waals surface area contributed by atoms with Crippen molar-refractivity contribution in [3.8, 4) is 5.75 Å². The number of ether oxygens (including phenoxy) is 1. The molecule has 1 amide bonds. The van der Waals surface area contributed by atoms with Gasteiger partial charge in [-0.2, -0.15) is 0 Å². The van der Waals surface area contributed by atoms with E-state index in [4.69, 9.17) is 4.74 Å². The number of likely N-dealkylation sites (N-methyl/N-ethyl adjacent to an activating group) is 1. The molecule has 0 unspecified atom stereocenters. The molecule has 1 heterocycles. The van der Waals surface area contributed by atoms with Gasteiger partial charge in [0.15, 0.2) is 0 Å². The highest BCUT2D eigenvalue weighted by molar-refractivity contribution is 5.94. The summed E-state index contributed by atoms with van der Waals surface area (Å²) in [6.45, 7) is 4.71. The van der Waals surface area contributed by atoms with Gasteiger partial charge in [-0.1, -0.05) is 43.7 Å². The first kappa shape index (κ1) is 22.3. The zero-order valence-corrected chi connectivity index (χ0v) is 18.3. The van der Waals surface area contributed by atoms with E-state index in [1.54, 1.807) is 19.2 Å². The number of amides is 1. The van der Waals surface area contributed by atoms with E-state index in [-0.39, 0.29) is 24.5 Å². The van der Waals surface area contributed by atoms with Crippen LogP contribution in [-0.4, -0.2) is 67.3 Å². The molecule has 0 saturated carbocycles. The smallest absolute Gasteiger partial charge is 0.254 e. The summed E-state index contributed by atoms with van der Waals surface area (Å²) in [6, 6.07) is 17.6.